The Morgan fingerprint density at radius 2 is 1.78 bits per heavy atom. The van der Waals surface area contributed by atoms with Crippen LogP contribution < -0.4 is 5.32 Å². The number of halogens is 1. The van der Waals surface area contributed by atoms with Crippen LogP contribution in [0.3, 0.4) is 0 Å². The number of carbonyl (C=O) groups is 1. The van der Waals surface area contributed by atoms with Gasteiger partial charge < -0.3 is 5.32 Å². The van der Waals surface area contributed by atoms with Crippen LogP contribution in [0.2, 0.25) is 5.02 Å². The van der Waals surface area contributed by atoms with Crippen molar-refractivity contribution in [2.75, 3.05) is 14.1 Å². The molecule has 1 aromatic heterocycles. The van der Waals surface area contributed by atoms with Crippen LogP contribution in [-0.2, 0) is 16.6 Å². The van der Waals surface area contributed by atoms with E-state index in [1.165, 1.54) is 50.8 Å². The Morgan fingerprint density at radius 3 is 2.30 bits per heavy atom. The lowest BCUT2D eigenvalue weighted by molar-refractivity contribution is 0.0962. The fourth-order valence-corrected chi connectivity index (χ4v) is 3.02. The highest BCUT2D eigenvalue weighted by atomic mass is 35.5. The molecule has 0 aliphatic heterocycles. The lowest BCUT2D eigenvalue weighted by atomic mass is 10.3. The van der Waals surface area contributed by atoms with Crippen molar-refractivity contribution in [1.82, 2.24) is 19.6 Å². The number of nitrogens with zero attached hydrogens (tertiary/aromatic N) is 3. The van der Waals surface area contributed by atoms with Crippen molar-refractivity contribution in [3.05, 3.63) is 53.1 Å². The topological polar surface area (TPSA) is 92.3 Å². The van der Waals surface area contributed by atoms with Gasteiger partial charge in [0.15, 0.2) is 0 Å². The van der Waals surface area contributed by atoms with Crippen LogP contribution in [0.4, 0.5) is 0 Å². The minimum atomic E-state index is -3.67. The predicted molar refractivity (Wildman–Crippen MR) is 85.5 cm³/mol. The average molecular weight is 355 g/mol. The summed E-state index contributed by atoms with van der Waals surface area (Å²) in [6.07, 6.45) is 2.70. The van der Waals surface area contributed by atoms with Crippen LogP contribution in [0.1, 0.15) is 16.2 Å². The molecule has 0 unspecified atom stereocenters. The number of hydrogen-bond donors (Lipinski definition) is 1. The summed E-state index contributed by atoms with van der Waals surface area (Å²) in [5, 5.41) is 2.91. The lowest BCUT2D eigenvalue weighted by Crippen LogP contribution is -2.27. The van der Waals surface area contributed by atoms with E-state index in [1.807, 2.05) is 0 Å². The van der Waals surface area contributed by atoms with Gasteiger partial charge in [-0.3, -0.25) is 4.79 Å². The maximum absolute atomic E-state index is 12.4. The van der Waals surface area contributed by atoms with E-state index in [0.717, 1.165) is 4.31 Å². The second-order valence-corrected chi connectivity index (χ2v) is 7.16. The van der Waals surface area contributed by atoms with E-state index in [0.29, 0.717) is 10.6 Å². The van der Waals surface area contributed by atoms with Crippen molar-refractivity contribution in [3.8, 4) is 0 Å². The maximum Gasteiger partial charge on any atom is 0.254 e. The largest absolute Gasteiger partial charge is 0.355 e. The molecule has 23 heavy (non-hydrogen) atoms. The first-order chi connectivity index (χ1) is 10.8. The summed E-state index contributed by atoms with van der Waals surface area (Å²) >= 11 is 5.76. The molecule has 2 rings (SSSR count). The first kappa shape index (κ1) is 17.3. The van der Waals surface area contributed by atoms with Gasteiger partial charge in [0.1, 0.15) is 5.82 Å². The van der Waals surface area contributed by atoms with Crippen LogP contribution in [0.5, 0.6) is 0 Å². The van der Waals surface area contributed by atoms with Crippen LogP contribution in [0.15, 0.2) is 41.6 Å². The van der Waals surface area contributed by atoms with Crippen LogP contribution >= 0.6 is 11.6 Å². The number of sulfonamides is 1. The predicted octanol–water partition coefficient (Wildman–Crippen LogP) is 1.31. The zero-order chi connectivity index (χ0) is 17.0. The molecule has 0 aliphatic carbocycles. The van der Waals surface area contributed by atoms with Gasteiger partial charge in [0.25, 0.3) is 5.91 Å². The number of nitrogens with one attached hydrogen (secondary N) is 1. The molecule has 0 radical (unpaired) electrons. The van der Waals surface area contributed by atoms with Gasteiger partial charge in [-0.25, -0.2) is 18.4 Å². The summed E-state index contributed by atoms with van der Waals surface area (Å²) in [6, 6.07) is 5.89. The van der Waals surface area contributed by atoms with E-state index >= 15 is 0 Å². The fraction of sp³-hybridized carbons (Fsp3) is 0.214. The molecule has 1 N–H and O–H groups in total. The first-order valence-corrected chi connectivity index (χ1v) is 8.41. The van der Waals surface area contributed by atoms with Crippen molar-refractivity contribution in [3.63, 3.8) is 0 Å². The van der Waals surface area contributed by atoms with Gasteiger partial charge in [0, 0.05) is 31.5 Å². The zero-order valence-electron chi connectivity index (χ0n) is 12.5. The Morgan fingerprint density at radius 1 is 1.22 bits per heavy atom. The van der Waals surface area contributed by atoms with Crippen LogP contribution in [0, 0.1) is 0 Å². The van der Waals surface area contributed by atoms with Crippen molar-refractivity contribution in [1.29, 1.82) is 0 Å². The van der Waals surface area contributed by atoms with Crippen molar-refractivity contribution >= 4 is 27.5 Å². The van der Waals surface area contributed by atoms with E-state index in [2.05, 4.69) is 15.3 Å². The van der Waals surface area contributed by atoms with Crippen molar-refractivity contribution in [2.45, 2.75) is 11.4 Å². The molecule has 0 bridgehead atoms. The Kier molecular flexibility index (Phi) is 5.30. The van der Waals surface area contributed by atoms with Crippen LogP contribution in [-0.4, -0.2) is 42.7 Å². The number of hydrogen-bond acceptors (Lipinski definition) is 5. The van der Waals surface area contributed by atoms with E-state index in [4.69, 9.17) is 11.6 Å². The molecule has 0 atom stereocenters. The Hall–Kier alpha value is -2.03. The molecular weight excluding hydrogens is 340 g/mol. The number of carbonyl (C=O) groups excluding carboxylic acids is 1. The molecule has 7 nitrogen and oxygen atoms in total. The normalized spacial score (nSPS) is 11.5. The summed E-state index contributed by atoms with van der Waals surface area (Å²) in [5.74, 6) is -0.0172. The number of rotatable bonds is 5. The van der Waals surface area contributed by atoms with Gasteiger partial charge in [-0.2, -0.15) is 4.31 Å². The summed E-state index contributed by atoms with van der Waals surface area (Å²) < 4.78 is 26.0. The van der Waals surface area contributed by atoms with Gasteiger partial charge >= 0.3 is 0 Å². The average Bonchev–Trinajstić information content (AvgIpc) is 2.55. The Balaban J connectivity index is 2.16. The van der Waals surface area contributed by atoms with Gasteiger partial charge in [0.2, 0.25) is 10.0 Å². The SMILES string of the molecule is CNC(=O)c1cnc(CN(C)S(=O)(=O)c2ccc(Cl)cc2)nc1. The highest BCUT2D eigenvalue weighted by molar-refractivity contribution is 7.89. The quantitative estimate of drug-likeness (QED) is 0.874. The fourth-order valence-electron chi connectivity index (χ4n) is 1.77. The summed E-state index contributed by atoms with van der Waals surface area (Å²) in [5.41, 5.74) is 0.305. The van der Waals surface area contributed by atoms with Crippen LogP contribution in [0.25, 0.3) is 0 Å². The molecule has 0 saturated heterocycles. The second kappa shape index (κ2) is 7.03. The molecule has 0 saturated carbocycles. The monoisotopic (exact) mass is 354 g/mol. The van der Waals surface area contributed by atoms with Gasteiger partial charge in [-0.05, 0) is 24.3 Å². The van der Waals surface area contributed by atoms with Crippen molar-refractivity contribution in [2.24, 2.45) is 0 Å². The van der Waals surface area contributed by atoms with Gasteiger partial charge in [-0.15, -0.1) is 0 Å². The molecule has 1 amide bonds. The Labute approximate surface area is 139 Å². The smallest absolute Gasteiger partial charge is 0.254 e. The van der Waals surface area contributed by atoms with E-state index in [1.54, 1.807) is 0 Å². The van der Waals surface area contributed by atoms with E-state index < -0.39 is 10.0 Å². The summed E-state index contributed by atoms with van der Waals surface area (Å²) in [6.45, 7) is -0.0149. The number of aromatic nitrogens is 2. The minimum absolute atomic E-state index is 0.0149. The molecular formula is C14H15ClN4O3S. The zero-order valence-corrected chi connectivity index (χ0v) is 14.1. The first-order valence-electron chi connectivity index (χ1n) is 6.59. The highest BCUT2D eigenvalue weighted by Gasteiger charge is 2.21. The Bertz CT molecular complexity index is 792. The molecule has 122 valence electrons. The maximum atomic E-state index is 12.4. The molecule has 0 spiro atoms. The molecule has 0 fully saturated rings. The third kappa shape index (κ3) is 4.04. The molecule has 2 aromatic rings. The minimum Gasteiger partial charge on any atom is -0.355 e. The third-order valence-corrected chi connectivity index (χ3v) is 5.15. The van der Waals surface area contributed by atoms with E-state index in [-0.39, 0.29) is 23.2 Å². The van der Waals surface area contributed by atoms with E-state index in [9.17, 15) is 13.2 Å². The lowest BCUT2D eigenvalue weighted by Gasteiger charge is -2.16. The molecule has 1 heterocycles. The van der Waals surface area contributed by atoms with Gasteiger partial charge in [0.05, 0.1) is 17.0 Å². The standard InChI is InChI=1S/C14H15ClN4O3S/c1-16-14(20)10-7-17-13(18-8-10)9-19(2)23(21,22)12-5-3-11(15)4-6-12/h3-8H,9H2,1-2H3,(H,16,20). The summed E-state index contributed by atoms with van der Waals surface area (Å²) in [4.78, 5) is 19.6. The second-order valence-electron chi connectivity index (χ2n) is 4.68. The van der Waals surface area contributed by atoms with Gasteiger partial charge in [-0.1, -0.05) is 11.6 Å². The third-order valence-electron chi connectivity index (χ3n) is 3.08. The number of amides is 1. The molecule has 0 aliphatic rings. The highest BCUT2D eigenvalue weighted by Crippen LogP contribution is 2.18. The number of benzene rings is 1. The van der Waals surface area contributed by atoms with Crippen molar-refractivity contribution < 1.29 is 13.2 Å². The molecule has 1 aromatic carbocycles. The summed E-state index contributed by atoms with van der Waals surface area (Å²) in [7, 11) is -0.736. The molecule has 9 heteroatoms.